The van der Waals surface area contributed by atoms with Gasteiger partial charge >= 0.3 is 0 Å². The van der Waals surface area contributed by atoms with Crippen LogP contribution in [0, 0.1) is 0 Å². The van der Waals surface area contributed by atoms with Crippen molar-refractivity contribution >= 4 is 9.84 Å². The third-order valence-corrected chi connectivity index (χ3v) is 4.99. The first-order chi connectivity index (χ1) is 8.53. The van der Waals surface area contributed by atoms with Gasteiger partial charge in [0.15, 0.2) is 0 Å². The van der Waals surface area contributed by atoms with Crippen LogP contribution in [0.15, 0.2) is 0 Å². The van der Waals surface area contributed by atoms with Gasteiger partial charge in [-0.3, -0.25) is 4.90 Å². The summed E-state index contributed by atoms with van der Waals surface area (Å²) in [7, 11) is -2.81. The van der Waals surface area contributed by atoms with Crippen molar-refractivity contribution in [3.8, 4) is 0 Å². The molecule has 1 fully saturated rings. The maximum atomic E-state index is 11.3. The van der Waals surface area contributed by atoms with E-state index in [1.807, 2.05) is 0 Å². The summed E-state index contributed by atoms with van der Waals surface area (Å²) in [5, 5.41) is 3.38. The second kappa shape index (κ2) is 8.09. The molecule has 5 nitrogen and oxygen atoms in total. The van der Waals surface area contributed by atoms with Crippen LogP contribution in [-0.2, 0) is 14.6 Å². The van der Waals surface area contributed by atoms with E-state index in [0.717, 1.165) is 39.4 Å². The van der Waals surface area contributed by atoms with E-state index in [2.05, 4.69) is 17.1 Å². The predicted molar refractivity (Wildman–Crippen MR) is 73.7 cm³/mol. The lowest BCUT2D eigenvalue weighted by molar-refractivity contribution is 0.0344. The summed E-state index contributed by atoms with van der Waals surface area (Å²) in [5.74, 6) is 0.539. The lowest BCUT2D eigenvalue weighted by Crippen LogP contribution is -2.44. The Kier molecular flexibility index (Phi) is 7.14. The summed E-state index contributed by atoms with van der Waals surface area (Å²) in [5.41, 5.74) is 0. The van der Waals surface area contributed by atoms with Crippen LogP contribution in [0.4, 0.5) is 0 Å². The summed E-state index contributed by atoms with van der Waals surface area (Å²) in [4.78, 5) is 2.38. The van der Waals surface area contributed by atoms with Crippen molar-refractivity contribution in [2.75, 3.05) is 50.9 Å². The molecule has 0 radical (unpaired) electrons. The molecule has 0 saturated carbocycles. The molecule has 1 N–H and O–H groups in total. The Morgan fingerprint density at radius 1 is 1.33 bits per heavy atom. The standard InChI is InChI=1S/C12H26N2O3S/c1-3-18(15,16)10-4-5-13-12(2)11-14-6-8-17-9-7-14/h12-13H,3-11H2,1-2H3. The largest absolute Gasteiger partial charge is 0.379 e. The second-order valence-electron chi connectivity index (χ2n) is 4.86. The van der Waals surface area contributed by atoms with Gasteiger partial charge in [-0.25, -0.2) is 8.42 Å². The summed E-state index contributed by atoms with van der Waals surface area (Å²) in [6.45, 7) is 9.25. The molecule has 0 aromatic heterocycles. The topological polar surface area (TPSA) is 58.6 Å². The molecule has 1 aliphatic rings. The molecule has 1 saturated heterocycles. The third-order valence-electron chi connectivity index (χ3n) is 3.20. The van der Waals surface area contributed by atoms with E-state index >= 15 is 0 Å². The molecule has 18 heavy (non-hydrogen) atoms. The highest BCUT2D eigenvalue weighted by Crippen LogP contribution is 1.99. The molecular formula is C12H26N2O3S. The van der Waals surface area contributed by atoms with E-state index < -0.39 is 9.84 Å². The second-order valence-corrected chi connectivity index (χ2v) is 7.33. The van der Waals surface area contributed by atoms with Crippen LogP contribution in [0.5, 0.6) is 0 Å². The maximum absolute atomic E-state index is 11.3. The molecule has 1 rings (SSSR count). The van der Waals surface area contributed by atoms with Gasteiger partial charge in [0.2, 0.25) is 0 Å². The van der Waals surface area contributed by atoms with Crippen LogP contribution >= 0.6 is 0 Å². The summed E-state index contributed by atoms with van der Waals surface area (Å²) < 4.78 is 27.9. The van der Waals surface area contributed by atoms with Crippen molar-refractivity contribution in [2.24, 2.45) is 0 Å². The molecule has 6 heteroatoms. The Labute approximate surface area is 111 Å². The molecule has 0 aliphatic carbocycles. The van der Waals surface area contributed by atoms with E-state index in [1.165, 1.54) is 0 Å². The van der Waals surface area contributed by atoms with E-state index in [1.54, 1.807) is 6.92 Å². The number of morpholine rings is 1. The predicted octanol–water partition coefficient (Wildman–Crippen LogP) is 0.122. The molecule has 108 valence electrons. The van der Waals surface area contributed by atoms with Crippen molar-refractivity contribution in [1.82, 2.24) is 10.2 Å². The number of sulfone groups is 1. The first kappa shape index (κ1) is 15.9. The van der Waals surface area contributed by atoms with Gasteiger partial charge in [-0.05, 0) is 19.9 Å². The van der Waals surface area contributed by atoms with E-state index in [4.69, 9.17) is 4.74 Å². The number of nitrogens with zero attached hydrogens (tertiary/aromatic N) is 1. The number of hydrogen-bond donors (Lipinski definition) is 1. The zero-order chi connectivity index (χ0) is 13.4. The van der Waals surface area contributed by atoms with E-state index in [0.29, 0.717) is 18.2 Å². The Hall–Kier alpha value is -0.170. The Bertz CT molecular complexity index is 313. The molecule has 0 bridgehead atoms. The van der Waals surface area contributed by atoms with Gasteiger partial charge in [-0.15, -0.1) is 0 Å². The van der Waals surface area contributed by atoms with Crippen LogP contribution in [0.3, 0.4) is 0 Å². The van der Waals surface area contributed by atoms with Crippen molar-refractivity contribution in [1.29, 1.82) is 0 Å². The summed E-state index contributed by atoms with van der Waals surface area (Å²) in [6.07, 6.45) is 0.698. The lowest BCUT2D eigenvalue weighted by Gasteiger charge is -2.29. The van der Waals surface area contributed by atoms with Crippen LogP contribution in [0.2, 0.25) is 0 Å². The van der Waals surface area contributed by atoms with Gasteiger partial charge in [-0.1, -0.05) is 6.92 Å². The number of hydrogen-bond acceptors (Lipinski definition) is 5. The van der Waals surface area contributed by atoms with E-state index in [-0.39, 0.29) is 5.75 Å². The van der Waals surface area contributed by atoms with Crippen molar-refractivity contribution in [3.63, 3.8) is 0 Å². The Balaban J connectivity index is 2.07. The molecule has 0 amide bonds. The zero-order valence-electron chi connectivity index (χ0n) is 11.5. The summed E-state index contributed by atoms with van der Waals surface area (Å²) >= 11 is 0. The molecule has 1 heterocycles. The van der Waals surface area contributed by atoms with Crippen molar-refractivity contribution < 1.29 is 13.2 Å². The molecule has 1 aliphatic heterocycles. The smallest absolute Gasteiger partial charge is 0.150 e. The highest BCUT2D eigenvalue weighted by Gasteiger charge is 2.13. The van der Waals surface area contributed by atoms with Gasteiger partial charge in [0.05, 0.1) is 19.0 Å². The zero-order valence-corrected chi connectivity index (χ0v) is 12.3. The van der Waals surface area contributed by atoms with Gasteiger partial charge < -0.3 is 10.1 Å². The monoisotopic (exact) mass is 278 g/mol. The van der Waals surface area contributed by atoms with Crippen LogP contribution in [-0.4, -0.2) is 70.3 Å². The average molecular weight is 278 g/mol. The van der Waals surface area contributed by atoms with Crippen molar-refractivity contribution in [3.05, 3.63) is 0 Å². The first-order valence-electron chi connectivity index (χ1n) is 6.77. The van der Waals surface area contributed by atoms with Gasteiger partial charge in [0.1, 0.15) is 9.84 Å². The lowest BCUT2D eigenvalue weighted by atomic mass is 10.3. The SMILES string of the molecule is CCS(=O)(=O)CCCNC(C)CN1CCOCC1. The minimum Gasteiger partial charge on any atom is -0.379 e. The number of rotatable bonds is 8. The minimum atomic E-state index is -2.81. The van der Waals surface area contributed by atoms with Crippen molar-refractivity contribution in [2.45, 2.75) is 26.3 Å². The van der Waals surface area contributed by atoms with Gasteiger partial charge in [0.25, 0.3) is 0 Å². The molecule has 0 aromatic carbocycles. The molecule has 1 unspecified atom stereocenters. The first-order valence-corrected chi connectivity index (χ1v) is 8.59. The molecule has 0 aromatic rings. The van der Waals surface area contributed by atoms with Crippen LogP contribution in [0.25, 0.3) is 0 Å². The normalized spacial score (nSPS) is 19.9. The average Bonchev–Trinajstić information content (AvgIpc) is 2.36. The fraction of sp³-hybridized carbons (Fsp3) is 1.00. The molecule has 0 spiro atoms. The molecule has 1 atom stereocenters. The van der Waals surface area contributed by atoms with Crippen LogP contribution < -0.4 is 5.32 Å². The minimum absolute atomic E-state index is 0.246. The Morgan fingerprint density at radius 3 is 2.61 bits per heavy atom. The quantitative estimate of drug-likeness (QED) is 0.639. The fourth-order valence-corrected chi connectivity index (χ4v) is 2.89. The maximum Gasteiger partial charge on any atom is 0.150 e. The third kappa shape index (κ3) is 6.68. The number of ether oxygens (including phenoxy) is 1. The van der Waals surface area contributed by atoms with Gasteiger partial charge in [-0.2, -0.15) is 0 Å². The Morgan fingerprint density at radius 2 is 2.00 bits per heavy atom. The summed E-state index contributed by atoms with van der Waals surface area (Å²) in [6, 6.07) is 0.396. The van der Waals surface area contributed by atoms with Gasteiger partial charge in [0, 0.05) is 31.4 Å². The highest BCUT2D eigenvalue weighted by atomic mass is 32.2. The molecular weight excluding hydrogens is 252 g/mol. The van der Waals surface area contributed by atoms with Crippen LogP contribution in [0.1, 0.15) is 20.3 Å². The highest BCUT2D eigenvalue weighted by molar-refractivity contribution is 7.91. The fourth-order valence-electron chi connectivity index (χ4n) is 2.02. The number of nitrogens with one attached hydrogen (secondary N) is 1. The van der Waals surface area contributed by atoms with E-state index in [9.17, 15) is 8.42 Å².